The zero-order valence-electron chi connectivity index (χ0n) is 16.7. The molecule has 0 spiro atoms. The number of carbonyl (C=O) groups is 1. The van der Waals surface area contributed by atoms with E-state index in [4.69, 9.17) is 16.3 Å². The average Bonchev–Trinajstić information content (AvgIpc) is 2.80. The van der Waals surface area contributed by atoms with Gasteiger partial charge in [0.2, 0.25) is 0 Å². The van der Waals surface area contributed by atoms with Gasteiger partial charge in [-0.1, -0.05) is 35.9 Å². The van der Waals surface area contributed by atoms with Crippen LogP contribution in [-0.2, 0) is 13.1 Å². The highest BCUT2D eigenvalue weighted by Gasteiger charge is 2.15. The van der Waals surface area contributed by atoms with Crippen molar-refractivity contribution in [1.82, 2.24) is 20.1 Å². The third-order valence-electron chi connectivity index (χ3n) is 4.82. The van der Waals surface area contributed by atoms with Crippen molar-refractivity contribution < 1.29 is 9.53 Å². The van der Waals surface area contributed by atoms with E-state index in [9.17, 15) is 9.59 Å². The molecular formula is C23H19ClN4O3. The molecule has 2 aromatic heterocycles. The molecule has 7 nitrogen and oxygen atoms in total. The summed E-state index contributed by atoms with van der Waals surface area (Å²) in [6, 6.07) is 15.7. The van der Waals surface area contributed by atoms with Crippen molar-refractivity contribution in [1.29, 1.82) is 0 Å². The van der Waals surface area contributed by atoms with E-state index in [2.05, 4.69) is 15.4 Å². The van der Waals surface area contributed by atoms with Crippen molar-refractivity contribution in [2.45, 2.75) is 13.1 Å². The molecule has 1 amide bonds. The van der Waals surface area contributed by atoms with Gasteiger partial charge >= 0.3 is 0 Å². The van der Waals surface area contributed by atoms with Crippen molar-refractivity contribution in [3.05, 3.63) is 99.2 Å². The molecule has 2 heterocycles. The Bertz CT molecular complexity index is 1310. The number of rotatable bonds is 6. The smallest absolute Gasteiger partial charge is 0.274 e. The van der Waals surface area contributed by atoms with E-state index in [1.54, 1.807) is 48.8 Å². The molecule has 0 aliphatic rings. The fourth-order valence-electron chi connectivity index (χ4n) is 3.32. The van der Waals surface area contributed by atoms with Gasteiger partial charge in [0.05, 0.1) is 36.8 Å². The predicted molar refractivity (Wildman–Crippen MR) is 119 cm³/mol. The number of ether oxygens (including phenoxy) is 1. The highest BCUT2D eigenvalue weighted by Crippen LogP contribution is 2.23. The first kappa shape index (κ1) is 20.6. The van der Waals surface area contributed by atoms with Crippen molar-refractivity contribution >= 4 is 28.3 Å². The van der Waals surface area contributed by atoms with Gasteiger partial charge in [0.15, 0.2) is 0 Å². The number of carbonyl (C=O) groups excluding carboxylic acids is 1. The molecule has 2 aromatic carbocycles. The summed E-state index contributed by atoms with van der Waals surface area (Å²) in [7, 11) is 1.49. The number of methoxy groups -OCH3 is 1. The first-order valence-electron chi connectivity index (χ1n) is 9.56. The lowest BCUT2D eigenvalue weighted by Gasteiger charge is -2.13. The quantitative estimate of drug-likeness (QED) is 0.502. The van der Waals surface area contributed by atoms with Crippen molar-refractivity contribution in [3.63, 3.8) is 0 Å². The summed E-state index contributed by atoms with van der Waals surface area (Å²) in [6.07, 6.45) is 3.36. The molecule has 0 unspecified atom stereocenters. The Balaban J connectivity index is 1.67. The third-order valence-corrected chi connectivity index (χ3v) is 5.06. The van der Waals surface area contributed by atoms with Crippen LogP contribution < -0.4 is 15.6 Å². The van der Waals surface area contributed by atoms with Gasteiger partial charge in [-0.25, -0.2) is 4.68 Å². The predicted octanol–water partition coefficient (Wildman–Crippen LogP) is 3.43. The standard InChI is InChI=1S/C23H19ClN4O3/c1-31-21-9-8-16(24)11-19(21)22(29)26-13-20-17-6-2-3-7-18(17)23(30)28(27-20)14-15-5-4-10-25-12-15/h2-12H,13-14H2,1H3,(H,26,29). The molecular weight excluding hydrogens is 416 g/mol. The van der Waals surface area contributed by atoms with E-state index in [0.29, 0.717) is 32.8 Å². The second kappa shape index (κ2) is 8.97. The number of halogens is 1. The number of nitrogens with one attached hydrogen (secondary N) is 1. The number of fused-ring (bicyclic) bond motifs is 1. The van der Waals surface area contributed by atoms with Gasteiger partial charge in [-0.05, 0) is 35.9 Å². The van der Waals surface area contributed by atoms with Crippen LogP contribution in [0.5, 0.6) is 5.75 Å². The monoisotopic (exact) mass is 434 g/mol. The van der Waals surface area contributed by atoms with E-state index in [-0.39, 0.29) is 24.6 Å². The lowest BCUT2D eigenvalue weighted by atomic mass is 10.1. The number of nitrogens with zero attached hydrogens (tertiary/aromatic N) is 3. The van der Waals surface area contributed by atoms with E-state index in [0.717, 1.165) is 5.56 Å². The Hall–Kier alpha value is -3.71. The minimum absolute atomic E-state index is 0.127. The van der Waals surface area contributed by atoms with Crippen molar-refractivity contribution in [2.75, 3.05) is 7.11 Å². The molecule has 4 rings (SSSR count). The van der Waals surface area contributed by atoms with Gasteiger partial charge in [0.25, 0.3) is 11.5 Å². The second-order valence-electron chi connectivity index (χ2n) is 6.84. The summed E-state index contributed by atoms with van der Waals surface area (Å²) in [5.41, 5.74) is 1.55. The lowest BCUT2D eigenvalue weighted by Crippen LogP contribution is -2.29. The minimum Gasteiger partial charge on any atom is -0.496 e. The fourth-order valence-corrected chi connectivity index (χ4v) is 3.50. The van der Waals surface area contributed by atoms with E-state index < -0.39 is 0 Å². The molecule has 0 fully saturated rings. The summed E-state index contributed by atoms with van der Waals surface area (Å²) in [4.78, 5) is 29.8. The highest BCUT2D eigenvalue weighted by molar-refractivity contribution is 6.31. The van der Waals surface area contributed by atoms with Gasteiger partial charge in [-0.15, -0.1) is 0 Å². The van der Waals surface area contributed by atoms with Gasteiger partial charge in [-0.3, -0.25) is 14.6 Å². The van der Waals surface area contributed by atoms with Crippen LogP contribution >= 0.6 is 11.6 Å². The molecule has 4 aromatic rings. The summed E-state index contributed by atoms with van der Waals surface area (Å²) in [5, 5.41) is 9.03. The van der Waals surface area contributed by atoms with Crippen LogP contribution in [0.1, 0.15) is 21.6 Å². The molecule has 0 atom stereocenters. The topological polar surface area (TPSA) is 86.1 Å². The normalized spacial score (nSPS) is 10.8. The number of amides is 1. The Morgan fingerprint density at radius 3 is 2.68 bits per heavy atom. The number of pyridine rings is 1. The summed E-state index contributed by atoms with van der Waals surface area (Å²) < 4.78 is 6.65. The zero-order valence-corrected chi connectivity index (χ0v) is 17.5. The number of hydrogen-bond donors (Lipinski definition) is 1. The Morgan fingerprint density at radius 1 is 1.13 bits per heavy atom. The maximum atomic E-state index is 12.9. The maximum absolute atomic E-state index is 12.9. The van der Waals surface area contributed by atoms with Crippen LogP contribution in [0, 0.1) is 0 Å². The van der Waals surface area contributed by atoms with E-state index in [1.165, 1.54) is 11.8 Å². The van der Waals surface area contributed by atoms with Gasteiger partial charge in [0, 0.05) is 22.8 Å². The minimum atomic E-state index is -0.352. The van der Waals surface area contributed by atoms with Crippen molar-refractivity contribution in [3.8, 4) is 5.75 Å². The third kappa shape index (κ3) is 4.41. The molecule has 8 heteroatoms. The Morgan fingerprint density at radius 2 is 1.94 bits per heavy atom. The Labute approximate surface area is 183 Å². The van der Waals surface area contributed by atoms with Crippen LogP contribution in [0.3, 0.4) is 0 Å². The lowest BCUT2D eigenvalue weighted by molar-refractivity contribution is 0.0947. The van der Waals surface area contributed by atoms with Crippen LogP contribution in [0.25, 0.3) is 10.8 Å². The van der Waals surface area contributed by atoms with Gasteiger partial charge < -0.3 is 10.1 Å². The van der Waals surface area contributed by atoms with E-state index in [1.807, 2.05) is 18.2 Å². The number of hydrogen-bond acceptors (Lipinski definition) is 5. The van der Waals surface area contributed by atoms with Gasteiger partial charge in [0.1, 0.15) is 5.75 Å². The molecule has 0 radical (unpaired) electrons. The van der Waals surface area contributed by atoms with Crippen LogP contribution in [0.4, 0.5) is 0 Å². The van der Waals surface area contributed by atoms with E-state index >= 15 is 0 Å². The fraction of sp³-hybridized carbons (Fsp3) is 0.130. The maximum Gasteiger partial charge on any atom is 0.274 e. The summed E-state index contributed by atoms with van der Waals surface area (Å²) in [5.74, 6) is 0.0662. The van der Waals surface area contributed by atoms with Crippen LogP contribution in [0.2, 0.25) is 5.02 Å². The van der Waals surface area contributed by atoms with Crippen molar-refractivity contribution in [2.24, 2.45) is 0 Å². The molecule has 0 aliphatic carbocycles. The van der Waals surface area contributed by atoms with Crippen LogP contribution in [-0.4, -0.2) is 27.8 Å². The first-order valence-corrected chi connectivity index (χ1v) is 9.94. The van der Waals surface area contributed by atoms with Gasteiger partial charge in [-0.2, -0.15) is 5.10 Å². The molecule has 31 heavy (non-hydrogen) atoms. The average molecular weight is 435 g/mol. The Kier molecular flexibility index (Phi) is 5.95. The second-order valence-corrected chi connectivity index (χ2v) is 7.28. The molecule has 0 saturated carbocycles. The molecule has 156 valence electrons. The summed E-state index contributed by atoms with van der Waals surface area (Å²) >= 11 is 6.04. The number of aromatic nitrogens is 3. The SMILES string of the molecule is COc1ccc(Cl)cc1C(=O)NCc1nn(Cc2cccnc2)c(=O)c2ccccc12. The summed E-state index contributed by atoms with van der Waals surface area (Å²) in [6.45, 7) is 0.406. The largest absolute Gasteiger partial charge is 0.496 e. The zero-order chi connectivity index (χ0) is 21.8. The molecule has 0 saturated heterocycles. The first-order chi connectivity index (χ1) is 15.1. The van der Waals surface area contributed by atoms with Crippen LogP contribution in [0.15, 0.2) is 71.8 Å². The molecule has 1 N–H and O–H groups in total. The molecule has 0 aliphatic heterocycles. The number of benzene rings is 2. The molecule has 0 bridgehead atoms. The highest BCUT2D eigenvalue weighted by atomic mass is 35.5.